The summed E-state index contributed by atoms with van der Waals surface area (Å²) in [5.41, 5.74) is 7.43. The Balaban J connectivity index is 2.66. The van der Waals surface area contributed by atoms with E-state index >= 15 is 0 Å². The molecule has 6 nitrogen and oxygen atoms in total. The molecule has 0 aliphatic heterocycles. The molecule has 0 aromatic carbocycles. The average Bonchev–Trinajstić information content (AvgIpc) is 2.36. The number of oxime groups is 1. The number of amidine groups is 1. The van der Waals surface area contributed by atoms with E-state index in [0.29, 0.717) is 13.1 Å². The number of rotatable bonds is 6. The molecular formula is C13H22N4O2. The van der Waals surface area contributed by atoms with Crippen molar-refractivity contribution in [3.05, 3.63) is 23.5 Å². The topological polar surface area (TPSA) is 84.0 Å². The number of hydrogen-bond acceptors (Lipinski definition) is 5. The van der Waals surface area contributed by atoms with Gasteiger partial charge in [-0.2, -0.15) is 0 Å². The van der Waals surface area contributed by atoms with Crippen molar-refractivity contribution in [3.8, 4) is 5.75 Å². The number of pyridine rings is 1. The van der Waals surface area contributed by atoms with E-state index < -0.39 is 0 Å². The minimum atomic E-state index is -0.0123. The molecule has 3 N–H and O–H groups in total. The predicted molar refractivity (Wildman–Crippen MR) is 74.4 cm³/mol. The smallest absolute Gasteiger partial charge is 0.143 e. The van der Waals surface area contributed by atoms with Gasteiger partial charge in [-0.05, 0) is 14.0 Å². The number of nitrogens with zero attached hydrogens (tertiary/aromatic N) is 3. The van der Waals surface area contributed by atoms with E-state index in [2.05, 4.69) is 15.0 Å². The molecule has 0 saturated heterocycles. The zero-order chi connectivity index (χ0) is 14.4. The summed E-state index contributed by atoms with van der Waals surface area (Å²) in [6.45, 7) is 5.22. The molecule has 0 radical (unpaired) electrons. The van der Waals surface area contributed by atoms with Crippen molar-refractivity contribution in [1.29, 1.82) is 0 Å². The summed E-state index contributed by atoms with van der Waals surface area (Å²) in [5.74, 6) is 1.03. The van der Waals surface area contributed by atoms with Crippen LogP contribution in [0.3, 0.4) is 0 Å². The van der Waals surface area contributed by atoms with Crippen molar-refractivity contribution in [3.63, 3.8) is 0 Å². The quantitative estimate of drug-likeness (QED) is 0.350. The summed E-state index contributed by atoms with van der Waals surface area (Å²) in [6, 6.07) is 3.81. The van der Waals surface area contributed by atoms with Crippen molar-refractivity contribution < 1.29 is 9.94 Å². The molecule has 0 fully saturated rings. The van der Waals surface area contributed by atoms with Crippen molar-refractivity contribution in [1.82, 2.24) is 9.88 Å². The number of methoxy groups -OCH3 is 1. The van der Waals surface area contributed by atoms with Crippen LogP contribution in [-0.4, -0.2) is 41.6 Å². The van der Waals surface area contributed by atoms with Gasteiger partial charge in [0.15, 0.2) is 0 Å². The maximum atomic E-state index is 8.63. The van der Waals surface area contributed by atoms with Gasteiger partial charge in [0.2, 0.25) is 0 Å². The highest BCUT2D eigenvalue weighted by Crippen LogP contribution is 2.14. The molecule has 19 heavy (non-hydrogen) atoms. The average molecular weight is 266 g/mol. The first-order valence-corrected chi connectivity index (χ1v) is 6.13. The maximum absolute atomic E-state index is 8.63. The molecule has 1 heterocycles. The summed E-state index contributed by atoms with van der Waals surface area (Å²) in [4.78, 5) is 6.53. The van der Waals surface area contributed by atoms with E-state index in [9.17, 15) is 0 Å². The fourth-order valence-corrected chi connectivity index (χ4v) is 1.90. The zero-order valence-corrected chi connectivity index (χ0v) is 11.9. The van der Waals surface area contributed by atoms with Crippen LogP contribution in [0.5, 0.6) is 5.75 Å². The number of hydrogen-bond donors (Lipinski definition) is 2. The van der Waals surface area contributed by atoms with E-state index in [1.54, 1.807) is 7.11 Å². The summed E-state index contributed by atoms with van der Waals surface area (Å²) in [7, 11) is 3.61. The Hall–Kier alpha value is -1.82. The van der Waals surface area contributed by atoms with E-state index in [-0.39, 0.29) is 11.8 Å². The summed E-state index contributed by atoms with van der Waals surface area (Å²) < 4.78 is 5.22. The molecule has 0 aliphatic carbocycles. The Morgan fingerprint density at radius 2 is 2.26 bits per heavy atom. The Bertz CT molecular complexity index is 448. The number of nitrogens with two attached hydrogens (primary N) is 1. The summed E-state index contributed by atoms with van der Waals surface area (Å²) in [5, 5.41) is 11.7. The van der Waals surface area contributed by atoms with Gasteiger partial charge < -0.3 is 15.7 Å². The highest BCUT2D eigenvalue weighted by atomic mass is 16.5. The van der Waals surface area contributed by atoms with Crippen LogP contribution in [0.2, 0.25) is 0 Å². The van der Waals surface area contributed by atoms with Crippen LogP contribution in [0.4, 0.5) is 0 Å². The third kappa shape index (κ3) is 4.75. The second-order valence-corrected chi connectivity index (χ2v) is 4.76. The van der Waals surface area contributed by atoms with Crippen LogP contribution >= 0.6 is 0 Å². The second-order valence-electron chi connectivity index (χ2n) is 4.76. The fourth-order valence-electron chi connectivity index (χ4n) is 1.90. The number of aryl methyl sites for hydroxylation is 1. The van der Waals surface area contributed by atoms with Gasteiger partial charge in [-0.15, -0.1) is 0 Å². The normalized spacial score (nSPS) is 13.6. The SMILES string of the molecule is COc1cc(C)nc(CN(C)CC(C)/C(N)=N/O)c1. The minimum absolute atomic E-state index is 0.0123. The first kappa shape index (κ1) is 15.2. The molecule has 0 spiro atoms. The van der Waals surface area contributed by atoms with Crippen LogP contribution in [0.25, 0.3) is 0 Å². The summed E-state index contributed by atoms with van der Waals surface area (Å²) in [6.07, 6.45) is 0. The minimum Gasteiger partial charge on any atom is -0.497 e. The molecule has 1 aromatic rings. The van der Waals surface area contributed by atoms with Crippen LogP contribution < -0.4 is 10.5 Å². The Kier molecular flexibility index (Phi) is 5.57. The first-order valence-electron chi connectivity index (χ1n) is 6.13. The standard InChI is InChI=1S/C13H22N4O2/c1-9(13(14)16-18)7-17(3)8-11-6-12(19-4)5-10(2)15-11/h5-6,9,18H,7-8H2,1-4H3,(H2,14,16). The van der Waals surface area contributed by atoms with Gasteiger partial charge in [-0.3, -0.25) is 9.88 Å². The molecule has 1 aromatic heterocycles. The highest BCUT2D eigenvalue weighted by Gasteiger charge is 2.12. The largest absolute Gasteiger partial charge is 0.497 e. The van der Waals surface area contributed by atoms with Gasteiger partial charge in [0.25, 0.3) is 0 Å². The van der Waals surface area contributed by atoms with Crippen molar-refractivity contribution in [2.24, 2.45) is 16.8 Å². The highest BCUT2D eigenvalue weighted by molar-refractivity contribution is 5.82. The van der Waals surface area contributed by atoms with E-state index in [1.807, 2.05) is 33.0 Å². The van der Waals surface area contributed by atoms with Crippen molar-refractivity contribution >= 4 is 5.84 Å². The fraction of sp³-hybridized carbons (Fsp3) is 0.538. The third-order valence-electron chi connectivity index (χ3n) is 2.85. The lowest BCUT2D eigenvalue weighted by Gasteiger charge is -2.20. The number of ether oxygens (including phenoxy) is 1. The lowest BCUT2D eigenvalue weighted by Crippen LogP contribution is -2.32. The van der Waals surface area contributed by atoms with E-state index in [1.165, 1.54) is 0 Å². The maximum Gasteiger partial charge on any atom is 0.143 e. The van der Waals surface area contributed by atoms with Gasteiger partial charge >= 0.3 is 0 Å². The summed E-state index contributed by atoms with van der Waals surface area (Å²) >= 11 is 0. The van der Waals surface area contributed by atoms with Crippen LogP contribution in [-0.2, 0) is 6.54 Å². The molecule has 0 aliphatic rings. The predicted octanol–water partition coefficient (Wildman–Crippen LogP) is 1.21. The van der Waals surface area contributed by atoms with Crippen LogP contribution in [0, 0.1) is 12.8 Å². The molecular weight excluding hydrogens is 244 g/mol. The zero-order valence-electron chi connectivity index (χ0n) is 11.9. The van der Waals surface area contributed by atoms with Crippen molar-refractivity contribution in [2.45, 2.75) is 20.4 Å². The Morgan fingerprint density at radius 1 is 1.58 bits per heavy atom. The van der Waals surface area contributed by atoms with Gasteiger partial charge in [-0.25, -0.2) is 0 Å². The van der Waals surface area contributed by atoms with Crippen molar-refractivity contribution in [2.75, 3.05) is 20.7 Å². The molecule has 106 valence electrons. The molecule has 1 atom stereocenters. The van der Waals surface area contributed by atoms with Gasteiger partial charge in [0.1, 0.15) is 11.6 Å². The number of aromatic nitrogens is 1. The van der Waals surface area contributed by atoms with E-state index in [4.69, 9.17) is 15.7 Å². The molecule has 6 heteroatoms. The molecule has 1 rings (SSSR count). The second kappa shape index (κ2) is 6.94. The Labute approximate surface area is 113 Å². The van der Waals surface area contributed by atoms with Gasteiger partial charge in [-0.1, -0.05) is 12.1 Å². The van der Waals surface area contributed by atoms with Crippen LogP contribution in [0.15, 0.2) is 17.3 Å². The lowest BCUT2D eigenvalue weighted by atomic mass is 10.1. The lowest BCUT2D eigenvalue weighted by molar-refractivity contribution is 0.288. The Morgan fingerprint density at radius 3 is 2.84 bits per heavy atom. The van der Waals surface area contributed by atoms with Gasteiger partial charge in [0.05, 0.1) is 12.8 Å². The monoisotopic (exact) mass is 266 g/mol. The van der Waals surface area contributed by atoms with Crippen LogP contribution in [0.1, 0.15) is 18.3 Å². The molecule has 0 bridgehead atoms. The molecule has 0 amide bonds. The first-order chi connectivity index (χ1) is 8.96. The third-order valence-corrected chi connectivity index (χ3v) is 2.85. The van der Waals surface area contributed by atoms with E-state index in [0.717, 1.165) is 17.1 Å². The molecule has 0 saturated carbocycles. The molecule has 1 unspecified atom stereocenters. The van der Waals surface area contributed by atoms with Gasteiger partial charge in [0, 0.05) is 36.8 Å².